The SMILES string of the molecule is Cn1nc(C(F)(F)F)c(C#N)c1NC(=O)c1cc(CF)ccc1O. The number of halogens is 4. The van der Waals surface area contributed by atoms with E-state index in [1.807, 2.05) is 0 Å². The van der Waals surface area contributed by atoms with Crippen molar-refractivity contribution >= 4 is 11.7 Å². The fourth-order valence-electron chi connectivity index (χ4n) is 1.99. The molecule has 2 aromatic rings. The van der Waals surface area contributed by atoms with E-state index in [1.165, 1.54) is 12.1 Å². The third-order valence-electron chi connectivity index (χ3n) is 3.12. The maximum Gasteiger partial charge on any atom is 0.436 e. The molecule has 0 aliphatic carbocycles. The number of phenolic OH excluding ortho intramolecular Hbond substituents is 1. The largest absolute Gasteiger partial charge is 0.507 e. The lowest BCUT2D eigenvalue weighted by Gasteiger charge is -2.08. The van der Waals surface area contributed by atoms with Gasteiger partial charge >= 0.3 is 6.18 Å². The molecule has 0 radical (unpaired) electrons. The molecule has 0 saturated carbocycles. The van der Waals surface area contributed by atoms with Gasteiger partial charge in [-0.1, -0.05) is 6.07 Å². The van der Waals surface area contributed by atoms with Gasteiger partial charge in [0, 0.05) is 7.05 Å². The highest BCUT2D eigenvalue weighted by atomic mass is 19.4. The summed E-state index contributed by atoms with van der Waals surface area (Å²) in [4.78, 5) is 12.2. The molecular formula is C14H10F4N4O2. The predicted molar refractivity (Wildman–Crippen MR) is 73.8 cm³/mol. The monoisotopic (exact) mass is 342 g/mol. The van der Waals surface area contributed by atoms with Gasteiger partial charge in [0.15, 0.2) is 5.69 Å². The Morgan fingerprint density at radius 3 is 2.67 bits per heavy atom. The van der Waals surface area contributed by atoms with Gasteiger partial charge in [-0.25, -0.2) is 4.39 Å². The summed E-state index contributed by atoms with van der Waals surface area (Å²) in [6, 6.07) is 4.73. The summed E-state index contributed by atoms with van der Waals surface area (Å²) in [7, 11) is 1.11. The second kappa shape index (κ2) is 6.19. The molecule has 2 N–H and O–H groups in total. The number of benzene rings is 1. The number of nitrogens with zero attached hydrogens (tertiary/aromatic N) is 3. The van der Waals surface area contributed by atoms with Gasteiger partial charge in [-0.3, -0.25) is 9.48 Å². The van der Waals surface area contributed by atoms with Crippen LogP contribution in [-0.2, 0) is 19.9 Å². The number of aryl methyl sites for hydroxylation is 1. The highest BCUT2D eigenvalue weighted by molar-refractivity contribution is 6.06. The predicted octanol–water partition coefficient (Wildman–Crippen LogP) is 2.74. The molecule has 1 amide bonds. The number of rotatable bonds is 3. The Bertz CT molecular complexity index is 837. The van der Waals surface area contributed by atoms with Crippen molar-refractivity contribution in [2.24, 2.45) is 7.05 Å². The Balaban J connectivity index is 2.44. The van der Waals surface area contributed by atoms with Crippen molar-refractivity contribution in [3.05, 3.63) is 40.6 Å². The van der Waals surface area contributed by atoms with E-state index >= 15 is 0 Å². The summed E-state index contributed by atoms with van der Waals surface area (Å²) >= 11 is 0. The van der Waals surface area contributed by atoms with Crippen LogP contribution in [0.4, 0.5) is 23.4 Å². The molecule has 0 unspecified atom stereocenters. The van der Waals surface area contributed by atoms with Crippen LogP contribution in [0.3, 0.4) is 0 Å². The standard InChI is InChI=1S/C14H10F4N4O2/c1-22-12(9(6-19)11(21-22)14(16,17)18)20-13(24)8-4-7(5-15)2-3-10(8)23/h2-4,23H,5H2,1H3,(H,20,24). The number of carbonyl (C=O) groups excluding carboxylic acids is 1. The number of nitrogens with one attached hydrogen (secondary N) is 1. The zero-order valence-corrected chi connectivity index (χ0v) is 12.1. The highest BCUT2D eigenvalue weighted by Gasteiger charge is 2.39. The minimum atomic E-state index is -4.87. The fraction of sp³-hybridized carbons (Fsp3) is 0.214. The topological polar surface area (TPSA) is 90.9 Å². The van der Waals surface area contributed by atoms with Crippen molar-refractivity contribution in [3.8, 4) is 11.8 Å². The van der Waals surface area contributed by atoms with E-state index in [2.05, 4.69) is 10.4 Å². The normalized spacial score (nSPS) is 11.2. The summed E-state index contributed by atoms with van der Waals surface area (Å²) < 4.78 is 51.8. The van der Waals surface area contributed by atoms with E-state index in [9.17, 15) is 27.5 Å². The van der Waals surface area contributed by atoms with Crippen LogP contribution in [0, 0.1) is 11.3 Å². The van der Waals surface area contributed by atoms with Crippen LogP contribution in [-0.4, -0.2) is 20.8 Å². The number of hydrogen-bond donors (Lipinski definition) is 2. The van der Waals surface area contributed by atoms with Crippen molar-refractivity contribution in [1.29, 1.82) is 5.26 Å². The van der Waals surface area contributed by atoms with Gasteiger partial charge < -0.3 is 10.4 Å². The van der Waals surface area contributed by atoms with Crippen LogP contribution < -0.4 is 5.32 Å². The number of nitriles is 1. The van der Waals surface area contributed by atoms with E-state index in [-0.39, 0.29) is 11.1 Å². The smallest absolute Gasteiger partial charge is 0.436 e. The first-order chi connectivity index (χ1) is 11.2. The Labute approximate surface area is 132 Å². The van der Waals surface area contributed by atoms with Crippen LogP contribution in [0.1, 0.15) is 27.2 Å². The van der Waals surface area contributed by atoms with Gasteiger partial charge in [-0.05, 0) is 17.7 Å². The number of hydrogen-bond acceptors (Lipinski definition) is 4. The Morgan fingerprint density at radius 2 is 2.12 bits per heavy atom. The van der Waals surface area contributed by atoms with E-state index in [0.29, 0.717) is 4.68 Å². The third-order valence-corrected chi connectivity index (χ3v) is 3.12. The molecule has 0 atom stereocenters. The molecule has 1 heterocycles. The van der Waals surface area contributed by atoms with Gasteiger partial charge in [0.05, 0.1) is 5.56 Å². The lowest BCUT2D eigenvalue weighted by Crippen LogP contribution is -2.16. The first-order valence-corrected chi connectivity index (χ1v) is 6.42. The molecule has 126 valence electrons. The molecule has 0 bridgehead atoms. The second-order valence-corrected chi connectivity index (χ2v) is 4.74. The summed E-state index contributed by atoms with van der Waals surface area (Å²) in [6.07, 6.45) is -4.87. The Hall–Kier alpha value is -3.09. The minimum Gasteiger partial charge on any atom is -0.507 e. The fourth-order valence-corrected chi connectivity index (χ4v) is 1.99. The zero-order chi connectivity index (χ0) is 18.1. The molecule has 1 aromatic carbocycles. The van der Waals surface area contributed by atoms with Crippen molar-refractivity contribution in [1.82, 2.24) is 9.78 Å². The lowest BCUT2D eigenvalue weighted by atomic mass is 10.1. The van der Waals surface area contributed by atoms with Crippen molar-refractivity contribution in [2.75, 3.05) is 5.32 Å². The molecule has 24 heavy (non-hydrogen) atoms. The molecule has 0 spiro atoms. The van der Waals surface area contributed by atoms with Crippen LogP contribution in [0.5, 0.6) is 5.75 Å². The number of amides is 1. The van der Waals surface area contributed by atoms with E-state index in [0.717, 1.165) is 19.2 Å². The van der Waals surface area contributed by atoms with Gasteiger partial charge in [-0.15, -0.1) is 0 Å². The van der Waals surface area contributed by atoms with Crippen molar-refractivity contribution in [2.45, 2.75) is 12.9 Å². The van der Waals surface area contributed by atoms with Crippen molar-refractivity contribution in [3.63, 3.8) is 0 Å². The summed E-state index contributed by atoms with van der Waals surface area (Å²) in [5.74, 6) is -1.97. The Kier molecular flexibility index (Phi) is 4.45. The number of aromatic hydroxyl groups is 1. The van der Waals surface area contributed by atoms with E-state index in [4.69, 9.17) is 5.26 Å². The van der Waals surface area contributed by atoms with E-state index in [1.54, 1.807) is 0 Å². The molecule has 0 saturated heterocycles. The lowest BCUT2D eigenvalue weighted by molar-refractivity contribution is -0.141. The minimum absolute atomic E-state index is 0.0967. The quantitative estimate of drug-likeness (QED) is 0.839. The average Bonchev–Trinajstić information content (AvgIpc) is 2.84. The van der Waals surface area contributed by atoms with Gasteiger partial charge in [0.1, 0.15) is 29.9 Å². The van der Waals surface area contributed by atoms with Crippen molar-refractivity contribution < 1.29 is 27.5 Å². The first kappa shape index (κ1) is 17.3. The van der Waals surface area contributed by atoms with Crippen LogP contribution in [0.25, 0.3) is 0 Å². The second-order valence-electron chi connectivity index (χ2n) is 4.74. The molecule has 0 aliphatic rings. The van der Waals surface area contributed by atoms with Crippen LogP contribution >= 0.6 is 0 Å². The summed E-state index contributed by atoms with van der Waals surface area (Å²) in [5, 5.41) is 23.9. The van der Waals surface area contributed by atoms with Crippen LogP contribution in [0.15, 0.2) is 18.2 Å². The number of alkyl halides is 4. The molecule has 10 heteroatoms. The molecule has 2 rings (SSSR count). The number of carbonyl (C=O) groups is 1. The summed E-state index contributed by atoms with van der Waals surface area (Å²) in [5.41, 5.74) is -2.55. The third kappa shape index (κ3) is 3.15. The molecular weight excluding hydrogens is 332 g/mol. The highest BCUT2D eigenvalue weighted by Crippen LogP contribution is 2.34. The number of anilines is 1. The average molecular weight is 342 g/mol. The van der Waals surface area contributed by atoms with Crippen LogP contribution in [0.2, 0.25) is 0 Å². The molecule has 0 aliphatic heterocycles. The summed E-state index contributed by atoms with van der Waals surface area (Å²) in [6.45, 7) is -0.895. The van der Waals surface area contributed by atoms with Gasteiger partial charge in [0.2, 0.25) is 0 Å². The zero-order valence-electron chi connectivity index (χ0n) is 12.1. The maximum atomic E-state index is 12.8. The Morgan fingerprint density at radius 1 is 1.46 bits per heavy atom. The van der Waals surface area contributed by atoms with Gasteiger partial charge in [-0.2, -0.15) is 23.5 Å². The molecule has 0 fully saturated rings. The number of aromatic nitrogens is 2. The van der Waals surface area contributed by atoms with Gasteiger partial charge in [0.25, 0.3) is 5.91 Å². The van der Waals surface area contributed by atoms with E-state index < -0.39 is 41.6 Å². The number of phenols is 1. The first-order valence-electron chi connectivity index (χ1n) is 6.42. The maximum absolute atomic E-state index is 12.8. The molecule has 6 nitrogen and oxygen atoms in total. The molecule has 1 aromatic heterocycles.